The highest BCUT2D eigenvalue weighted by Crippen LogP contribution is 2.27. The molecule has 1 amide bonds. The third-order valence-corrected chi connectivity index (χ3v) is 5.90. The first-order valence-electron chi connectivity index (χ1n) is 10.2. The van der Waals surface area contributed by atoms with Gasteiger partial charge in [0, 0.05) is 6.54 Å². The minimum atomic E-state index is -1.20. The Hall–Kier alpha value is -2.08. The van der Waals surface area contributed by atoms with Gasteiger partial charge < -0.3 is 4.90 Å². The molecule has 0 spiro atoms. The van der Waals surface area contributed by atoms with E-state index in [1.54, 1.807) is 47.4 Å². The molecule has 0 radical (unpaired) electrons. The van der Waals surface area contributed by atoms with E-state index in [-0.39, 0.29) is 5.56 Å². The van der Waals surface area contributed by atoms with E-state index in [0.717, 1.165) is 19.3 Å². The highest BCUT2D eigenvalue weighted by Gasteiger charge is 2.29. The van der Waals surface area contributed by atoms with Crippen molar-refractivity contribution in [1.82, 2.24) is 14.5 Å². The molecule has 1 heterocycles. The molecule has 0 bridgehead atoms. The largest absolute Gasteiger partial charge is 0.330 e. The highest BCUT2D eigenvalue weighted by molar-refractivity contribution is 6.53. The molecule has 0 aliphatic heterocycles. The molecule has 31 heavy (non-hydrogen) atoms. The summed E-state index contributed by atoms with van der Waals surface area (Å²) in [5, 5.41) is 0.876. The zero-order valence-corrected chi connectivity index (χ0v) is 19.7. The Labute approximate surface area is 196 Å². The van der Waals surface area contributed by atoms with Crippen molar-refractivity contribution in [2.24, 2.45) is 0 Å². The molecule has 1 unspecified atom stereocenters. The number of benzene rings is 2. The van der Waals surface area contributed by atoms with Crippen LogP contribution in [0.1, 0.15) is 45.0 Å². The van der Waals surface area contributed by atoms with Crippen LogP contribution in [0.25, 0.3) is 16.6 Å². The first-order chi connectivity index (χ1) is 14.9. The Morgan fingerprint density at radius 2 is 1.77 bits per heavy atom. The fourth-order valence-electron chi connectivity index (χ4n) is 3.59. The first-order valence-corrected chi connectivity index (χ1v) is 11.5. The maximum absolute atomic E-state index is 13.5. The van der Waals surface area contributed by atoms with Gasteiger partial charge >= 0.3 is 0 Å². The Morgan fingerprint density at radius 3 is 2.45 bits per heavy atom. The van der Waals surface area contributed by atoms with Crippen molar-refractivity contribution in [3.05, 3.63) is 69.7 Å². The fourth-order valence-corrected chi connectivity index (χ4v) is 4.06. The third kappa shape index (κ3) is 5.05. The van der Waals surface area contributed by atoms with Crippen LogP contribution in [0.3, 0.4) is 0 Å². The number of para-hydroxylation sites is 2. The predicted octanol–water partition coefficient (Wildman–Crippen LogP) is 5.92. The summed E-state index contributed by atoms with van der Waals surface area (Å²) in [7, 11) is 0. The molecule has 0 aliphatic carbocycles. The van der Waals surface area contributed by atoms with Crippen LogP contribution in [-0.2, 0) is 4.79 Å². The van der Waals surface area contributed by atoms with Gasteiger partial charge in [-0.1, -0.05) is 78.8 Å². The van der Waals surface area contributed by atoms with E-state index in [4.69, 9.17) is 39.8 Å². The van der Waals surface area contributed by atoms with Gasteiger partial charge in [0.1, 0.15) is 5.82 Å². The summed E-state index contributed by atoms with van der Waals surface area (Å²) in [5.74, 6) is -0.0179. The molecular weight excluding hydrogens is 457 g/mol. The molecular formula is C23H24Cl3N3O2. The van der Waals surface area contributed by atoms with Crippen molar-refractivity contribution < 1.29 is 4.79 Å². The molecule has 0 fully saturated rings. The maximum Gasteiger partial charge on any atom is 0.266 e. The van der Waals surface area contributed by atoms with Crippen LogP contribution in [-0.4, -0.2) is 31.7 Å². The Balaban J connectivity index is 2.23. The van der Waals surface area contributed by atoms with Gasteiger partial charge in [-0.25, -0.2) is 4.98 Å². The fraction of sp³-hybridized carbons (Fsp3) is 0.348. The van der Waals surface area contributed by atoms with Gasteiger partial charge in [0.05, 0.1) is 27.7 Å². The van der Waals surface area contributed by atoms with E-state index in [1.807, 2.05) is 13.0 Å². The van der Waals surface area contributed by atoms with Crippen molar-refractivity contribution in [3.8, 4) is 5.69 Å². The number of rotatable bonds is 8. The summed E-state index contributed by atoms with van der Waals surface area (Å²) in [6.45, 7) is 4.36. The quantitative estimate of drug-likeness (QED) is 0.297. The summed E-state index contributed by atoms with van der Waals surface area (Å²) in [6, 6.07) is 13.6. The van der Waals surface area contributed by atoms with Gasteiger partial charge in [-0.05, 0) is 37.6 Å². The Morgan fingerprint density at radius 1 is 1.10 bits per heavy atom. The maximum atomic E-state index is 13.5. The first kappa shape index (κ1) is 23.6. The lowest BCUT2D eigenvalue weighted by Gasteiger charge is -2.31. The van der Waals surface area contributed by atoms with E-state index in [1.165, 1.54) is 4.57 Å². The minimum Gasteiger partial charge on any atom is -0.330 e. The molecule has 164 valence electrons. The smallest absolute Gasteiger partial charge is 0.266 e. The molecule has 0 saturated heterocycles. The van der Waals surface area contributed by atoms with Crippen LogP contribution in [0.2, 0.25) is 5.02 Å². The molecule has 3 rings (SSSR count). The topological polar surface area (TPSA) is 55.2 Å². The van der Waals surface area contributed by atoms with Crippen LogP contribution in [0.4, 0.5) is 0 Å². The van der Waals surface area contributed by atoms with Crippen LogP contribution in [0.15, 0.2) is 53.3 Å². The van der Waals surface area contributed by atoms with Gasteiger partial charge in [0.15, 0.2) is 4.84 Å². The zero-order valence-electron chi connectivity index (χ0n) is 17.4. The summed E-state index contributed by atoms with van der Waals surface area (Å²) in [4.78, 5) is 31.5. The SMILES string of the molecule is CCCCCN(C(=O)C(Cl)Cl)C(C)c1nc2ccccc2c(=O)n1-c1ccccc1Cl. The lowest BCUT2D eigenvalue weighted by atomic mass is 10.1. The molecule has 1 aromatic heterocycles. The number of hydrogen-bond acceptors (Lipinski definition) is 3. The van der Waals surface area contributed by atoms with Gasteiger partial charge in [0.2, 0.25) is 0 Å². The monoisotopic (exact) mass is 479 g/mol. The summed E-state index contributed by atoms with van der Waals surface area (Å²) in [5.41, 5.74) is 0.797. The number of amides is 1. The van der Waals surface area contributed by atoms with Crippen molar-refractivity contribution in [2.45, 2.75) is 44.0 Å². The van der Waals surface area contributed by atoms with Crippen molar-refractivity contribution >= 4 is 51.6 Å². The van der Waals surface area contributed by atoms with Gasteiger partial charge in [0.25, 0.3) is 11.5 Å². The van der Waals surface area contributed by atoms with Crippen LogP contribution < -0.4 is 5.56 Å². The minimum absolute atomic E-state index is 0.255. The number of halogens is 3. The molecule has 5 nitrogen and oxygen atoms in total. The number of hydrogen-bond donors (Lipinski definition) is 0. The van der Waals surface area contributed by atoms with Crippen molar-refractivity contribution in [1.29, 1.82) is 0 Å². The number of unbranched alkanes of at least 4 members (excludes halogenated alkanes) is 2. The molecule has 8 heteroatoms. The van der Waals surface area contributed by atoms with E-state index >= 15 is 0 Å². The third-order valence-electron chi connectivity index (χ3n) is 5.21. The van der Waals surface area contributed by atoms with E-state index in [9.17, 15) is 9.59 Å². The van der Waals surface area contributed by atoms with E-state index in [2.05, 4.69) is 6.92 Å². The molecule has 0 aliphatic rings. The van der Waals surface area contributed by atoms with Gasteiger partial charge in [-0.15, -0.1) is 0 Å². The van der Waals surface area contributed by atoms with Crippen molar-refractivity contribution in [3.63, 3.8) is 0 Å². The second kappa shape index (κ2) is 10.5. The van der Waals surface area contributed by atoms with Crippen molar-refractivity contribution in [2.75, 3.05) is 6.54 Å². The van der Waals surface area contributed by atoms with Crippen LogP contribution in [0, 0.1) is 0 Å². The number of nitrogens with zero attached hydrogens (tertiary/aromatic N) is 3. The van der Waals surface area contributed by atoms with Gasteiger partial charge in [-0.2, -0.15) is 0 Å². The number of carbonyl (C=O) groups is 1. The second-order valence-electron chi connectivity index (χ2n) is 7.29. The molecule has 0 saturated carbocycles. The van der Waals surface area contributed by atoms with Gasteiger partial charge in [-0.3, -0.25) is 14.2 Å². The standard InChI is InChI=1S/C23H24Cl3N3O2/c1-3-4-9-14-28(23(31)20(25)26)15(2)21-27-18-12-7-5-10-16(18)22(30)29(21)19-13-8-6-11-17(19)24/h5-8,10-13,15,20H,3-4,9,14H2,1-2H3. The lowest BCUT2D eigenvalue weighted by molar-refractivity contribution is -0.131. The zero-order chi connectivity index (χ0) is 22.5. The Kier molecular flexibility index (Phi) is 7.98. The molecule has 1 atom stereocenters. The lowest BCUT2D eigenvalue weighted by Crippen LogP contribution is -2.40. The average Bonchev–Trinajstić information content (AvgIpc) is 2.76. The molecule has 0 N–H and O–H groups in total. The summed E-state index contributed by atoms with van der Waals surface area (Å²) >= 11 is 18.3. The Bertz CT molecular complexity index is 1130. The number of alkyl halides is 2. The molecule has 2 aromatic carbocycles. The number of aromatic nitrogens is 2. The number of carbonyl (C=O) groups excluding carboxylic acids is 1. The van der Waals surface area contributed by atoms with E-state index < -0.39 is 16.8 Å². The summed E-state index contributed by atoms with van der Waals surface area (Å²) in [6.07, 6.45) is 2.74. The molecule has 3 aromatic rings. The van der Waals surface area contributed by atoms with Crippen LogP contribution in [0.5, 0.6) is 0 Å². The highest BCUT2D eigenvalue weighted by atomic mass is 35.5. The van der Waals surface area contributed by atoms with Crippen LogP contribution >= 0.6 is 34.8 Å². The van der Waals surface area contributed by atoms with E-state index in [0.29, 0.717) is 34.0 Å². The summed E-state index contributed by atoms with van der Waals surface area (Å²) < 4.78 is 1.48. The predicted molar refractivity (Wildman–Crippen MR) is 127 cm³/mol. The normalized spacial score (nSPS) is 12.3. The average molecular weight is 481 g/mol. The number of fused-ring (bicyclic) bond motifs is 1. The second-order valence-corrected chi connectivity index (χ2v) is 8.80.